The van der Waals surface area contributed by atoms with Crippen molar-refractivity contribution in [1.29, 1.82) is 0 Å². The molecule has 0 aliphatic heterocycles. The van der Waals surface area contributed by atoms with Crippen LogP contribution in [0.3, 0.4) is 0 Å². The maximum Gasteiger partial charge on any atom is 0.328 e. The smallest absolute Gasteiger partial charge is 0.328 e. The molecule has 2 aromatic carbocycles. The summed E-state index contributed by atoms with van der Waals surface area (Å²) in [5.41, 5.74) is 7.53. The number of carboxylic acids is 1. The molecule has 3 heteroatoms. The lowest BCUT2D eigenvalue weighted by molar-refractivity contribution is -0.131. The molecule has 2 aromatic rings. The number of ether oxygens (including phenoxy) is 1. The molecule has 0 aromatic heterocycles. The van der Waals surface area contributed by atoms with Gasteiger partial charge in [-0.2, -0.15) is 0 Å². The minimum absolute atomic E-state index is 0.142. The first-order valence-electron chi connectivity index (χ1n) is 10.9. The lowest BCUT2D eigenvalue weighted by Crippen LogP contribution is -2.34. The highest BCUT2D eigenvalue weighted by Gasteiger charge is 2.37. The third kappa shape index (κ3) is 4.45. The molecule has 0 radical (unpaired) electrons. The molecular weight excluding hydrogens is 372 g/mol. The van der Waals surface area contributed by atoms with E-state index in [1.807, 2.05) is 12.1 Å². The van der Waals surface area contributed by atoms with Gasteiger partial charge in [0.15, 0.2) is 0 Å². The van der Waals surface area contributed by atoms with Crippen LogP contribution in [-0.4, -0.2) is 17.7 Å². The van der Waals surface area contributed by atoms with E-state index in [1.54, 1.807) is 6.08 Å². The first-order chi connectivity index (χ1) is 14.0. The van der Waals surface area contributed by atoms with E-state index in [0.717, 1.165) is 23.3 Å². The molecule has 0 unspecified atom stereocenters. The Hall–Kier alpha value is -2.55. The molecule has 0 saturated heterocycles. The van der Waals surface area contributed by atoms with Crippen LogP contribution in [0.4, 0.5) is 0 Å². The van der Waals surface area contributed by atoms with Crippen LogP contribution < -0.4 is 4.74 Å². The van der Waals surface area contributed by atoms with Crippen molar-refractivity contribution < 1.29 is 14.6 Å². The molecule has 3 nitrogen and oxygen atoms in total. The summed E-state index contributed by atoms with van der Waals surface area (Å²) in [5, 5.41) is 9.08. The second kappa shape index (κ2) is 8.29. The van der Waals surface area contributed by atoms with E-state index in [4.69, 9.17) is 9.84 Å². The van der Waals surface area contributed by atoms with Crippen LogP contribution in [0.5, 0.6) is 5.75 Å². The zero-order valence-electron chi connectivity index (χ0n) is 19.1. The normalized spacial score (nSPS) is 17.0. The van der Waals surface area contributed by atoms with E-state index in [1.165, 1.54) is 41.2 Å². The fourth-order valence-electron chi connectivity index (χ4n) is 4.38. The molecule has 0 amide bonds. The molecule has 0 bridgehead atoms. The Balaban J connectivity index is 2.13. The van der Waals surface area contributed by atoms with Crippen LogP contribution in [0.2, 0.25) is 0 Å². The maximum absolute atomic E-state index is 11.1. The molecule has 0 fully saturated rings. The number of aryl methyl sites for hydroxylation is 1. The maximum atomic E-state index is 11.1. The lowest BCUT2D eigenvalue weighted by Gasteiger charge is -2.42. The van der Waals surface area contributed by atoms with Crippen molar-refractivity contribution in [1.82, 2.24) is 0 Å². The van der Waals surface area contributed by atoms with Crippen molar-refractivity contribution in [2.45, 2.75) is 71.6 Å². The first kappa shape index (κ1) is 22.1. The Labute approximate surface area is 180 Å². The summed E-state index contributed by atoms with van der Waals surface area (Å²) in [7, 11) is 0. The van der Waals surface area contributed by atoms with Crippen LogP contribution in [-0.2, 0) is 15.6 Å². The van der Waals surface area contributed by atoms with Crippen molar-refractivity contribution in [3.8, 4) is 16.9 Å². The average molecular weight is 407 g/mol. The Morgan fingerprint density at radius 3 is 2.30 bits per heavy atom. The van der Waals surface area contributed by atoms with Gasteiger partial charge in [-0.3, -0.25) is 0 Å². The predicted octanol–water partition coefficient (Wildman–Crippen LogP) is 6.90. The molecule has 1 N–H and O–H groups in total. The van der Waals surface area contributed by atoms with Gasteiger partial charge in [-0.1, -0.05) is 52.8 Å². The first-order valence-corrected chi connectivity index (χ1v) is 10.9. The van der Waals surface area contributed by atoms with Gasteiger partial charge in [-0.15, -0.1) is 0 Å². The molecule has 3 rings (SSSR count). The van der Waals surface area contributed by atoms with Gasteiger partial charge >= 0.3 is 5.97 Å². The molecule has 1 aliphatic carbocycles. The summed E-state index contributed by atoms with van der Waals surface area (Å²) >= 11 is 0. The zero-order chi connectivity index (χ0) is 22.1. The molecular formula is C27H34O3. The van der Waals surface area contributed by atoms with Crippen LogP contribution in [0.25, 0.3) is 17.2 Å². The number of hydrogen-bond acceptors (Lipinski definition) is 2. The van der Waals surface area contributed by atoms with Gasteiger partial charge in [0.05, 0.1) is 6.61 Å². The topological polar surface area (TPSA) is 46.5 Å². The van der Waals surface area contributed by atoms with Gasteiger partial charge in [0, 0.05) is 11.6 Å². The van der Waals surface area contributed by atoms with Gasteiger partial charge in [-0.25, -0.2) is 4.79 Å². The van der Waals surface area contributed by atoms with Crippen LogP contribution in [0, 0.1) is 6.92 Å². The van der Waals surface area contributed by atoms with E-state index >= 15 is 0 Å². The Bertz CT molecular complexity index is 980. The summed E-state index contributed by atoms with van der Waals surface area (Å²) in [4.78, 5) is 11.1. The van der Waals surface area contributed by atoms with Gasteiger partial charge in [-0.05, 0) is 83.0 Å². The number of hydrogen-bond donors (Lipinski definition) is 1. The lowest BCUT2D eigenvalue weighted by atomic mass is 9.62. The van der Waals surface area contributed by atoms with Crippen molar-refractivity contribution in [3.05, 3.63) is 58.7 Å². The van der Waals surface area contributed by atoms with Gasteiger partial charge < -0.3 is 9.84 Å². The number of rotatable bonds is 6. The largest absolute Gasteiger partial charge is 0.493 e. The molecule has 0 saturated carbocycles. The SMILES string of the molecule is CCCOc1ccc(-c2cc3c(cc2C)C(C)(C)CCC3(C)C)cc1C=CC(=O)O. The van der Waals surface area contributed by atoms with Crippen molar-refractivity contribution in [3.63, 3.8) is 0 Å². The third-order valence-electron chi connectivity index (χ3n) is 6.39. The molecule has 160 valence electrons. The highest BCUT2D eigenvalue weighted by atomic mass is 16.5. The van der Waals surface area contributed by atoms with Crippen LogP contribution >= 0.6 is 0 Å². The van der Waals surface area contributed by atoms with E-state index in [2.05, 4.69) is 59.7 Å². The van der Waals surface area contributed by atoms with E-state index in [9.17, 15) is 4.79 Å². The second-order valence-corrected chi connectivity index (χ2v) is 9.75. The summed E-state index contributed by atoms with van der Waals surface area (Å²) in [6.45, 7) is 14.2. The Morgan fingerprint density at radius 1 is 1.07 bits per heavy atom. The minimum atomic E-state index is -0.962. The standard InChI is InChI=1S/C27H34O3/c1-7-14-30-24-10-8-19(16-20(24)9-11-25(28)29)21-17-23-22(15-18(21)2)26(3,4)12-13-27(23,5)6/h8-11,15-17H,7,12-14H2,1-6H3,(H,28,29). The number of carboxylic acid groups (broad SMARTS) is 1. The number of aliphatic carboxylic acids is 1. The van der Waals surface area contributed by atoms with Crippen molar-refractivity contribution in [2.75, 3.05) is 6.61 Å². The predicted molar refractivity (Wildman–Crippen MR) is 124 cm³/mol. The Morgan fingerprint density at radius 2 is 1.70 bits per heavy atom. The van der Waals surface area contributed by atoms with Gasteiger partial charge in [0.1, 0.15) is 5.75 Å². The summed E-state index contributed by atoms with van der Waals surface area (Å²) in [6.07, 6.45) is 6.06. The van der Waals surface area contributed by atoms with Crippen molar-refractivity contribution in [2.24, 2.45) is 0 Å². The quantitative estimate of drug-likeness (QED) is 0.531. The van der Waals surface area contributed by atoms with Gasteiger partial charge in [0.2, 0.25) is 0 Å². The zero-order valence-corrected chi connectivity index (χ0v) is 19.1. The highest BCUT2D eigenvalue weighted by Crippen LogP contribution is 2.47. The fraction of sp³-hybridized carbons (Fsp3) is 0.444. The van der Waals surface area contributed by atoms with Crippen molar-refractivity contribution >= 4 is 12.0 Å². The average Bonchev–Trinajstić information content (AvgIpc) is 2.68. The molecule has 0 atom stereocenters. The minimum Gasteiger partial charge on any atom is -0.493 e. The number of benzene rings is 2. The summed E-state index contributed by atoms with van der Waals surface area (Å²) in [6, 6.07) is 10.8. The summed E-state index contributed by atoms with van der Waals surface area (Å²) in [5.74, 6) is -0.244. The van der Waals surface area contributed by atoms with E-state index < -0.39 is 5.97 Å². The fourth-order valence-corrected chi connectivity index (χ4v) is 4.38. The highest BCUT2D eigenvalue weighted by molar-refractivity contribution is 5.86. The molecule has 0 spiro atoms. The monoisotopic (exact) mass is 406 g/mol. The number of fused-ring (bicyclic) bond motifs is 1. The second-order valence-electron chi connectivity index (χ2n) is 9.75. The number of carbonyl (C=O) groups is 1. The third-order valence-corrected chi connectivity index (χ3v) is 6.39. The molecule has 0 heterocycles. The van der Waals surface area contributed by atoms with Crippen LogP contribution in [0.15, 0.2) is 36.4 Å². The van der Waals surface area contributed by atoms with E-state index in [0.29, 0.717) is 6.61 Å². The summed E-state index contributed by atoms with van der Waals surface area (Å²) < 4.78 is 5.85. The van der Waals surface area contributed by atoms with Gasteiger partial charge in [0.25, 0.3) is 0 Å². The Kier molecular flexibility index (Phi) is 6.12. The molecule has 1 aliphatic rings. The molecule has 30 heavy (non-hydrogen) atoms. The van der Waals surface area contributed by atoms with Crippen LogP contribution in [0.1, 0.15) is 76.1 Å². The van der Waals surface area contributed by atoms with E-state index in [-0.39, 0.29) is 10.8 Å².